The molecule has 0 spiro atoms. The molecular formula is C10H15N5. The van der Waals surface area contributed by atoms with Crippen LogP contribution in [0.25, 0.3) is 0 Å². The van der Waals surface area contributed by atoms with Crippen LogP contribution in [0.5, 0.6) is 0 Å². The molecule has 0 aromatic carbocycles. The van der Waals surface area contributed by atoms with Crippen LogP contribution in [0.2, 0.25) is 0 Å². The molecule has 0 saturated carbocycles. The first kappa shape index (κ1) is 9.92. The molecule has 80 valence electrons. The smallest absolute Gasteiger partial charge is 0.122 e. The van der Waals surface area contributed by atoms with E-state index >= 15 is 0 Å². The fourth-order valence-corrected chi connectivity index (χ4v) is 1.43. The molecule has 0 amide bonds. The second-order valence-electron chi connectivity index (χ2n) is 3.54. The van der Waals surface area contributed by atoms with Crippen LogP contribution in [0.15, 0.2) is 24.7 Å². The lowest BCUT2D eigenvalue weighted by atomic mass is 10.4. The summed E-state index contributed by atoms with van der Waals surface area (Å²) in [4.78, 5) is 4.23. The first-order valence-corrected chi connectivity index (χ1v) is 4.91. The van der Waals surface area contributed by atoms with E-state index in [2.05, 4.69) is 15.4 Å². The van der Waals surface area contributed by atoms with Gasteiger partial charge in [0.1, 0.15) is 5.82 Å². The molecule has 2 aromatic heterocycles. The quantitative estimate of drug-likeness (QED) is 0.788. The van der Waals surface area contributed by atoms with E-state index in [1.54, 1.807) is 10.9 Å². The largest absolute Gasteiger partial charge is 0.337 e. The van der Waals surface area contributed by atoms with E-state index in [0.717, 1.165) is 24.6 Å². The van der Waals surface area contributed by atoms with Crippen molar-refractivity contribution in [3.05, 3.63) is 36.2 Å². The number of hydrogen-bond acceptors (Lipinski definition) is 3. The SMILES string of the molecule is Cn1ccc(CNCc2nccn2C)n1. The zero-order chi connectivity index (χ0) is 10.7. The van der Waals surface area contributed by atoms with E-state index in [0.29, 0.717) is 0 Å². The summed E-state index contributed by atoms with van der Waals surface area (Å²) in [5.74, 6) is 1.03. The van der Waals surface area contributed by atoms with Crippen molar-refractivity contribution in [3.8, 4) is 0 Å². The van der Waals surface area contributed by atoms with Crippen LogP contribution in [0.1, 0.15) is 11.5 Å². The van der Waals surface area contributed by atoms with E-state index in [9.17, 15) is 0 Å². The lowest BCUT2D eigenvalue weighted by Crippen LogP contribution is -2.16. The minimum Gasteiger partial charge on any atom is -0.337 e. The monoisotopic (exact) mass is 205 g/mol. The van der Waals surface area contributed by atoms with Crippen LogP contribution in [-0.4, -0.2) is 19.3 Å². The Morgan fingerprint density at radius 2 is 2.13 bits per heavy atom. The van der Waals surface area contributed by atoms with Gasteiger partial charge in [0.05, 0.1) is 12.2 Å². The number of aromatic nitrogens is 4. The summed E-state index contributed by atoms with van der Waals surface area (Å²) in [7, 11) is 3.91. The number of hydrogen-bond donors (Lipinski definition) is 1. The number of nitrogens with one attached hydrogen (secondary N) is 1. The Morgan fingerprint density at radius 1 is 1.27 bits per heavy atom. The van der Waals surface area contributed by atoms with Crippen molar-refractivity contribution in [2.45, 2.75) is 13.1 Å². The minimum absolute atomic E-state index is 0.764. The van der Waals surface area contributed by atoms with Crippen molar-refractivity contribution in [3.63, 3.8) is 0 Å². The second-order valence-corrected chi connectivity index (χ2v) is 3.54. The van der Waals surface area contributed by atoms with Crippen LogP contribution in [0, 0.1) is 0 Å². The molecule has 2 heterocycles. The number of rotatable bonds is 4. The van der Waals surface area contributed by atoms with Gasteiger partial charge >= 0.3 is 0 Å². The number of aryl methyl sites for hydroxylation is 2. The molecule has 0 saturated heterocycles. The summed E-state index contributed by atoms with van der Waals surface area (Å²) in [6.45, 7) is 1.54. The van der Waals surface area contributed by atoms with Gasteiger partial charge < -0.3 is 9.88 Å². The highest BCUT2D eigenvalue weighted by molar-refractivity contribution is 4.98. The maximum Gasteiger partial charge on any atom is 0.122 e. The van der Waals surface area contributed by atoms with Crippen LogP contribution < -0.4 is 5.32 Å². The zero-order valence-electron chi connectivity index (χ0n) is 9.01. The molecule has 2 rings (SSSR count). The summed E-state index contributed by atoms with van der Waals surface area (Å²) in [6, 6.07) is 2.01. The maximum absolute atomic E-state index is 4.28. The molecule has 0 aliphatic heterocycles. The summed E-state index contributed by atoms with van der Waals surface area (Å²) in [5, 5.41) is 7.58. The lowest BCUT2D eigenvalue weighted by Gasteiger charge is -2.02. The van der Waals surface area contributed by atoms with Crippen molar-refractivity contribution < 1.29 is 0 Å². The fourth-order valence-electron chi connectivity index (χ4n) is 1.43. The van der Waals surface area contributed by atoms with Gasteiger partial charge in [-0.05, 0) is 6.07 Å². The second kappa shape index (κ2) is 4.27. The van der Waals surface area contributed by atoms with Crippen LogP contribution in [0.3, 0.4) is 0 Å². The van der Waals surface area contributed by atoms with Gasteiger partial charge in [-0.25, -0.2) is 4.98 Å². The van der Waals surface area contributed by atoms with Gasteiger partial charge in [-0.1, -0.05) is 0 Å². The van der Waals surface area contributed by atoms with E-state index < -0.39 is 0 Å². The third kappa shape index (κ3) is 2.44. The van der Waals surface area contributed by atoms with Gasteiger partial charge in [0.15, 0.2) is 0 Å². The molecule has 5 heteroatoms. The van der Waals surface area contributed by atoms with E-state index in [4.69, 9.17) is 0 Å². The Morgan fingerprint density at radius 3 is 2.73 bits per heavy atom. The molecule has 0 fully saturated rings. The lowest BCUT2D eigenvalue weighted by molar-refractivity contribution is 0.620. The average molecular weight is 205 g/mol. The predicted molar refractivity (Wildman–Crippen MR) is 57.0 cm³/mol. The van der Waals surface area contributed by atoms with Crippen LogP contribution >= 0.6 is 0 Å². The Kier molecular flexibility index (Phi) is 2.82. The summed E-state index contributed by atoms with van der Waals surface area (Å²) >= 11 is 0. The van der Waals surface area contributed by atoms with Gasteiger partial charge in [-0.3, -0.25) is 4.68 Å². The average Bonchev–Trinajstić information content (AvgIpc) is 2.77. The highest BCUT2D eigenvalue weighted by atomic mass is 15.3. The zero-order valence-corrected chi connectivity index (χ0v) is 9.01. The topological polar surface area (TPSA) is 47.7 Å². The summed E-state index contributed by atoms with van der Waals surface area (Å²) < 4.78 is 3.81. The molecule has 0 unspecified atom stereocenters. The summed E-state index contributed by atoms with van der Waals surface area (Å²) in [5.41, 5.74) is 1.05. The molecule has 0 aliphatic rings. The van der Waals surface area contributed by atoms with E-state index in [1.165, 1.54) is 0 Å². The highest BCUT2D eigenvalue weighted by Crippen LogP contribution is 1.96. The van der Waals surface area contributed by atoms with Crippen molar-refractivity contribution in [2.24, 2.45) is 14.1 Å². The maximum atomic E-state index is 4.28. The minimum atomic E-state index is 0.764. The van der Waals surface area contributed by atoms with E-state index in [1.807, 2.05) is 37.1 Å². The normalized spacial score (nSPS) is 10.8. The van der Waals surface area contributed by atoms with Crippen LogP contribution in [-0.2, 0) is 27.2 Å². The first-order valence-electron chi connectivity index (χ1n) is 4.91. The molecule has 5 nitrogen and oxygen atoms in total. The van der Waals surface area contributed by atoms with E-state index in [-0.39, 0.29) is 0 Å². The Hall–Kier alpha value is -1.62. The van der Waals surface area contributed by atoms with Gasteiger partial charge in [0.2, 0.25) is 0 Å². The molecular weight excluding hydrogens is 190 g/mol. The van der Waals surface area contributed by atoms with Gasteiger partial charge in [-0.2, -0.15) is 5.10 Å². The highest BCUT2D eigenvalue weighted by Gasteiger charge is 1.99. The van der Waals surface area contributed by atoms with Gasteiger partial charge in [-0.15, -0.1) is 0 Å². The van der Waals surface area contributed by atoms with Crippen molar-refractivity contribution in [1.29, 1.82) is 0 Å². The molecule has 0 bridgehead atoms. The first-order chi connectivity index (χ1) is 7.25. The summed E-state index contributed by atoms with van der Waals surface area (Å²) in [6.07, 6.45) is 5.69. The molecule has 0 atom stereocenters. The molecule has 0 radical (unpaired) electrons. The molecule has 15 heavy (non-hydrogen) atoms. The van der Waals surface area contributed by atoms with Crippen molar-refractivity contribution in [1.82, 2.24) is 24.6 Å². The Balaban J connectivity index is 1.83. The van der Waals surface area contributed by atoms with Gasteiger partial charge in [0.25, 0.3) is 0 Å². The van der Waals surface area contributed by atoms with Crippen molar-refractivity contribution >= 4 is 0 Å². The van der Waals surface area contributed by atoms with Gasteiger partial charge in [0, 0.05) is 39.2 Å². The number of nitrogens with zero attached hydrogens (tertiary/aromatic N) is 4. The Bertz CT molecular complexity index is 428. The number of imidazole rings is 1. The molecule has 0 aliphatic carbocycles. The predicted octanol–water partition coefficient (Wildman–Crippen LogP) is 0.443. The third-order valence-corrected chi connectivity index (χ3v) is 2.28. The van der Waals surface area contributed by atoms with Crippen LogP contribution in [0.4, 0.5) is 0 Å². The Labute approximate surface area is 88.7 Å². The molecule has 2 aromatic rings. The molecule has 1 N–H and O–H groups in total. The van der Waals surface area contributed by atoms with Crippen molar-refractivity contribution in [2.75, 3.05) is 0 Å². The third-order valence-electron chi connectivity index (χ3n) is 2.28. The standard InChI is InChI=1S/C10H15N5/c1-14-6-4-12-10(14)8-11-7-9-3-5-15(2)13-9/h3-6,11H,7-8H2,1-2H3. The fraction of sp³-hybridized carbons (Fsp3) is 0.400.